The number of nitrogens with zero attached hydrogens (tertiary/aromatic N) is 2. The molecule has 1 N–H and O–H groups in total. The van der Waals surface area contributed by atoms with Crippen molar-refractivity contribution < 1.29 is 14.7 Å². The van der Waals surface area contributed by atoms with Crippen LogP contribution >= 0.6 is 0 Å². The van der Waals surface area contributed by atoms with E-state index in [2.05, 4.69) is 0 Å². The van der Waals surface area contributed by atoms with Crippen LogP contribution in [0.1, 0.15) is 34.1 Å². The van der Waals surface area contributed by atoms with Gasteiger partial charge in [-0.2, -0.15) is 0 Å². The van der Waals surface area contributed by atoms with Gasteiger partial charge in [0, 0.05) is 19.1 Å². The largest absolute Gasteiger partial charge is 0.480 e. The number of rotatable bonds is 6. The Morgan fingerprint density at radius 1 is 1.19 bits per heavy atom. The Kier molecular flexibility index (Phi) is 6.53. The van der Waals surface area contributed by atoms with Gasteiger partial charge in [-0.15, -0.1) is 0 Å². The Morgan fingerprint density at radius 2 is 1.75 bits per heavy atom. The van der Waals surface area contributed by atoms with Gasteiger partial charge in [0.25, 0.3) is 0 Å². The number of carbonyl (C=O) groups is 2. The molecule has 5 nitrogen and oxygen atoms in total. The average molecular weight is 230 g/mol. The maximum Gasteiger partial charge on any atom is 0.323 e. The standard InChI is InChI=1S/C11H22N2O3/c1-5-9(4)13(7-3)11(16)12(6-2)8-10(14)15/h9H,5-8H2,1-4H3,(H,14,15). The number of carboxylic acid groups (broad SMARTS) is 1. The molecule has 0 bridgehead atoms. The molecule has 0 aliphatic heterocycles. The maximum absolute atomic E-state index is 12.0. The first-order chi connectivity index (χ1) is 7.47. The number of aliphatic carboxylic acids is 1. The number of likely N-dealkylation sites (N-methyl/N-ethyl adjacent to an activating group) is 1. The van der Waals surface area contributed by atoms with Crippen LogP contribution in [0, 0.1) is 0 Å². The highest BCUT2D eigenvalue weighted by molar-refractivity contribution is 5.80. The van der Waals surface area contributed by atoms with Gasteiger partial charge in [-0.1, -0.05) is 6.92 Å². The van der Waals surface area contributed by atoms with Crippen LogP contribution < -0.4 is 0 Å². The molecule has 2 amide bonds. The van der Waals surface area contributed by atoms with Crippen molar-refractivity contribution in [3.63, 3.8) is 0 Å². The summed E-state index contributed by atoms with van der Waals surface area (Å²) in [7, 11) is 0. The van der Waals surface area contributed by atoms with E-state index in [1.54, 1.807) is 11.8 Å². The number of hydrogen-bond donors (Lipinski definition) is 1. The van der Waals surface area contributed by atoms with E-state index < -0.39 is 5.97 Å². The second kappa shape index (κ2) is 7.09. The first-order valence-corrected chi connectivity index (χ1v) is 5.75. The summed E-state index contributed by atoms with van der Waals surface area (Å²) in [6, 6.07) is -0.0536. The molecule has 0 aromatic heterocycles. The van der Waals surface area contributed by atoms with E-state index in [0.29, 0.717) is 13.1 Å². The lowest BCUT2D eigenvalue weighted by atomic mass is 10.2. The summed E-state index contributed by atoms with van der Waals surface area (Å²) in [5.41, 5.74) is 0. The molecule has 0 aromatic rings. The SMILES string of the molecule is CCC(C)N(CC)C(=O)N(CC)CC(=O)O. The van der Waals surface area contributed by atoms with Crippen LogP contribution in [-0.4, -0.2) is 52.6 Å². The zero-order chi connectivity index (χ0) is 12.7. The fourth-order valence-electron chi connectivity index (χ4n) is 1.52. The predicted octanol–water partition coefficient (Wildman–Crippen LogP) is 1.63. The summed E-state index contributed by atoms with van der Waals surface area (Å²) in [6.07, 6.45) is 0.865. The molecular weight excluding hydrogens is 208 g/mol. The lowest BCUT2D eigenvalue weighted by Crippen LogP contribution is -2.48. The molecule has 0 spiro atoms. The number of hydrogen-bond acceptors (Lipinski definition) is 2. The molecule has 0 heterocycles. The van der Waals surface area contributed by atoms with E-state index in [4.69, 9.17) is 5.11 Å². The van der Waals surface area contributed by atoms with Gasteiger partial charge in [-0.05, 0) is 27.2 Å². The third-order valence-corrected chi connectivity index (χ3v) is 2.69. The minimum Gasteiger partial charge on any atom is -0.480 e. The van der Waals surface area contributed by atoms with E-state index in [1.807, 2.05) is 20.8 Å². The number of amides is 2. The summed E-state index contributed by atoms with van der Waals surface area (Å²) in [4.78, 5) is 25.7. The molecule has 0 rings (SSSR count). The van der Waals surface area contributed by atoms with E-state index in [-0.39, 0.29) is 18.6 Å². The van der Waals surface area contributed by atoms with Gasteiger partial charge in [0.1, 0.15) is 6.54 Å². The summed E-state index contributed by atoms with van der Waals surface area (Å²) >= 11 is 0. The van der Waals surface area contributed by atoms with Crippen LogP contribution in [0.5, 0.6) is 0 Å². The third-order valence-electron chi connectivity index (χ3n) is 2.69. The monoisotopic (exact) mass is 230 g/mol. The molecule has 5 heteroatoms. The summed E-state index contributed by atoms with van der Waals surface area (Å²) in [5.74, 6) is -0.976. The van der Waals surface area contributed by atoms with Crippen molar-refractivity contribution >= 4 is 12.0 Å². The average Bonchev–Trinajstić information content (AvgIpc) is 2.25. The molecule has 0 fully saturated rings. The zero-order valence-corrected chi connectivity index (χ0v) is 10.6. The van der Waals surface area contributed by atoms with Gasteiger partial charge >= 0.3 is 12.0 Å². The van der Waals surface area contributed by atoms with Crippen molar-refractivity contribution in [1.82, 2.24) is 9.80 Å². The van der Waals surface area contributed by atoms with Crippen molar-refractivity contribution in [3.05, 3.63) is 0 Å². The molecule has 0 radical (unpaired) electrons. The zero-order valence-electron chi connectivity index (χ0n) is 10.6. The highest BCUT2D eigenvalue weighted by atomic mass is 16.4. The van der Waals surface area contributed by atoms with Gasteiger partial charge in [0.15, 0.2) is 0 Å². The molecule has 0 saturated carbocycles. The van der Waals surface area contributed by atoms with Gasteiger partial charge < -0.3 is 14.9 Å². The molecule has 94 valence electrons. The molecular formula is C11H22N2O3. The third kappa shape index (κ3) is 4.08. The van der Waals surface area contributed by atoms with Crippen molar-refractivity contribution in [2.45, 2.75) is 40.2 Å². The van der Waals surface area contributed by atoms with Gasteiger partial charge in [-0.25, -0.2) is 4.79 Å². The lowest BCUT2D eigenvalue weighted by Gasteiger charge is -2.32. The summed E-state index contributed by atoms with van der Waals surface area (Å²) in [6.45, 7) is 8.44. The molecule has 16 heavy (non-hydrogen) atoms. The van der Waals surface area contributed by atoms with E-state index in [1.165, 1.54) is 4.90 Å². The smallest absolute Gasteiger partial charge is 0.323 e. The van der Waals surface area contributed by atoms with Crippen LogP contribution in [-0.2, 0) is 4.79 Å². The van der Waals surface area contributed by atoms with Crippen molar-refractivity contribution in [2.75, 3.05) is 19.6 Å². The molecule has 0 aliphatic rings. The normalized spacial score (nSPS) is 12.0. The Morgan fingerprint density at radius 3 is 2.06 bits per heavy atom. The molecule has 0 aliphatic carbocycles. The highest BCUT2D eigenvalue weighted by Crippen LogP contribution is 2.07. The Hall–Kier alpha value is -1.26. The maximum atomic E-state index is 12.0. The first-order valence-electron chi connectivity index (χ1n) is 5.75. The van der Waals surface area contributed by atoms with Gasteiger partial charge in [0.05, 0.1) is 0 Å². The second-order valence-corrected chi connectivity index (χ2v) is 3.73. The van der Waals surface area contributed by atoms with Crippen LogP contribution in [0.25, 0.3) is 0 Å². The minimum absolute atomic E-state index is 0.139. The van der Waals surface area contributed by atoms with Crippen LogP contribution in [0.15, 0.2) is 0 Å². The summed E-state index contributed by atoms with van der Waals surface area (Å²) in [5, 5.41) is 8.70. The summed E-state index contributed by atoms with van der Waals surface area (Å²) < 4.78 is 0. The van der Waals surface area contributed by atoms with Gasteiger partial charge in [-0.3, -0.25) is 4.79 Å². The molecule has 0 saturated heterocycles. The number of urea groups is 1. The topological polar surface area (TPSA) is 60.9 Å². The minimum atomic E-state index is -0.976. The van der Waals surface area contributed by atoms with Crippen molar-refractivity contribution in [3.8, 4) is 0 Å². The number of carboxylic acids is 1. The van der Waals surface area contributed by atoms with Crippen molar-refractivity contribution in [2.24, 2.45) is 0 Å². The Bertz CT molecular complexity index is 243. The quantitative estimate of drug-likeness (QED) is 0.754. The Labute approximate surface area is 97.0 Å². The van der Waals surface area contributed by atoms with E-state index in [9.17, 15) is 9.59 Å². The molecule has 0 aromatic carbocycles. The Balaban J connectivity index is 4.62. The van der Waals surface area contributed by atoms with Crippen LogP contribution in [0.3, 0.4) is 0 Å². The van der Waals surface area contributed by atoms with Gasteiger partial charge in [0.2, 0.25) is 0 Å². The number of carbonyl (C=O) groups excluding carboxylic acids is 1. The van der Waals surface area contributed by atoms with Crippen molar-refractivity contribution in [1.29, 1.82) is 0 Å². The fourth-order valence-corrected chi connectivity index (χ4v) is 1.52. The first kappa shape index (κ1) is 14.7. The fraction of sp³-hybridized carbons (Fsp3) is 0.818. The van der Waals surface area contributed by atoms with Crippen LogP contribution in [0.2, 0.25) is 0 Å². The lowest BCUT2D eigenvalue weighted by molar-refractivity contribution is -0.137. The van der Waals surface area contributed by atoms with E-state index >= 15 is 0 Å². The second-order valence-electron chi connectivity index (χ2n) is 3.73. The molecule has 1 atom stereocenters. The van der Waals surface area contributed by atoms with E-state index in [0.717, 1.165) is 6.42 Å². The van der Waals surface area contributed by atoms with Crippen LogP contribution in [0.4, 0.5) is 4.79 Å². The highest BCUT2D eigenvalue weighted by Gasteiger charge is 2.23. The predicted molar refractivity (Wildman–Crippen MR) is 62.4 cm³/mol. The molecule has 1 unspecified atom stereocenters.